The number of likely N-dealkylation sites (tertiary alicyclic amines) is 1. The van der Waals surface area contributed by atoms with Crippen LogP contribution in [0.15, 0.2) is 59.6 Å². The van der Waals surface area contributed by atoms with Gasteiger partial charge in [0, 0.05) is 43.4 Å². The SMILES string of the molecule is [2H]C([2H])(COc1ccc(Nc2ncc(C)c(Nc3cccc(S(=O)(=O)NC(C)(C)C)c3)n2)cc1)N1CC([2H])([2H])C([2H])([2H])C1. The fraction of sp³-hybridized carbons (Fsp3) is 0.407. The smallest absolute Gasteiger partial charge is 0.241 e. The van der Waals surface area contributed by atoms with E-state index in [9.17, 15) is 8.42 Å². The van der Waals surface area contributed by atoms with E-state index in [2.05, 4.69) is 25.3 Å². The van der Waals surface area contributed by atoms with Crippen molar-refractivity contribution >= 4 is 33.2 Å². The first-order valence-corrected chi connectivity index (χ1v) is 13.2. The van der Waals surface area contributed by atoms with Gasteiger partial charge in [-0.2, -0.15) is 4.98 Å². The number of ether oxygens (including phenoxy) is 1. The molecule has 10 heteroatoms. The molecule has 1 aliphatic heterocycles. The van der Waals surface area contributed by atoms with Crippen LogP contribution in [0.4, 0.5) is 23.1 Å². The van der Waals surface area contributed by atoms with Gasteiger partial charge in [0.25, 0.3) is 0 Å². The molecule has 3 N–H and O–H groups in total. The monoisotopic (exact) mass is 530 g/mol. The normalized spacial score (nSPS) is 20.0. The van der Waals surface area contributed by atoms with Crippen molar-refractivity contribution in [1.29, 1.82) is 0 Å². The van der Waals surface area contributed by atoms with Crippen LogP contribution in [0.2, 0.25) is 0 Å². The van der Waals surface area contributed by atoms with E-state index in [1.807, 2.05) is 6.92 Å². The highest BCUT2D eigenvalue weighted by atomic mass is 32.2. The van der Waals surface area contributed by atoms with Gasteiger partial charge in [-0.1, -0.05) is 6.07 Å². The number of anilines is 4. The Morgan fingerprint density at radius 2 is 1.81 bits per heavy atom. The molecule has 0 radical (unpaired) electrons. The van der Waals surface area contributed by atoms with Gasteiger partial charge >= 0.3 is 0 Å². The first-order chi connectivity index (χ1) is 19.8. The van der Waals surface area contributed by atoms with E-state index in [0.29, 0.717) is 22.9 Å². The van der Waals surface area contributed by atoms with Crippen LogP contribution >= 0.6 is 0 Å². The molecule has 1 aromatic heterocycles. The number of aromatic nitrogens is 2. The lowest BCUT2D eigenvalue weighted by Gasteiger charge is -2.20. The maximum atomic E-state index is 12.8. The standard InChI is InChI=1S/C27H36N6O3S/c1-20-19-28-26(30-21-10-12-23(13-11-21)36-17-16-33-14-5-6-15-33)31-25(20)29-22-8-7-9-24(18-22)37(34,35)32-27(2,3)4/h7-13,18-19,32H,5-6,14-17H2,1-4H3,(H2,28,29,30,31)/i5D2,6D2,16D2. The second-order valence-corrected chi connectivity index (χ2v) is 11.2. The first-order valence-electron chi connectivity index (χ1n) is 14.8. The van der Waals surface area contributed by atoms with Crippen molar-refractivity contribution in [2.75, 3.05) is 36.8 Å². The molecule has 1 saturated heterocycles. The summed E-state index contributed by atoms with van der Waals surface area (Å²) in [5.41, 5.74) is 1.28. The van der Waals surface area contributed by atoms with Gasteiger partial charge in [0.05, 0.1) is 4.90 Å². The molecule has 1 fully saturated rings. The molecule has 198 valence electrons. The summed E-state index contributed by atoms with van der Waals surface area (Å²) in [6.07, 6.45) is -2.69. The average molecular weight is 531 g/mol. The zero-order valence-electron chi connectivity index (χ0n) is 27.3. The van der Waals surface area contributed by atoms with Gasteiger partial charge in [0.15, 0.2) is 0 Å². The van der Waals surface area contributed by atoms with Crippen LogP contribution in [-0.4, -0.2) is 55.0 Å². The molecule has 2 aromatic carbocycles. The summed E-state index contributed by atoms with van der Waals surface area (Å²) in [7, 11) is -3.72. The highest BCUT2D eigenvalue weighted by Crippen LogP contribution is 2.24. The Hall–Kier alpha value is -3.21. The molecule has 3 aromatic rings. The molecule has 0 amide bonds. The number of aryl methyl sites for hydroxylation is 1. The van der Waals surface area contributed by atoms with Gasteiger partial charge in [0.1, 0.15) is 18.2 Å². The van der Waals surface area contributed by atoms with E-state index in [1.54, 1.807) is 63.4 Å². The van der Waals surface area contributed by atoms with Crippen LogP contribution < -0.4 is 20.1 Å². The van der Waals surface area contributed by atoms with Crippen LogP contribution in [0, 0.1) is 6.92 Å². The molecule has 0 aliphatic carbocycles. The molecule has 9 nitrogen and oxygen atoms in total. The van der Waals surface area contributed by atoms with E-state index < -0.39 is 41.4 Å². The van der Waals surface area contributed by atoms with E-state index in [0.717, 1.165) is 10.5 Å². The van der Waals surface area contributed by atoms with E-state index >= 15 is 0 Å². The summed E-state index contributed by atoms with van der Waals surface area (Å²) in [5, 5.41) is 6.25. The second kappa shape index (κ2) is 11.5. The lowest BCUT2D eigenvalue weighted by molar-refractivity contribution is 0.238. The van der Waals surface area contributed by atoms with Crippen molar-refractivity contribution in [1.82, 2.24) is 19.6 Å². The fourth-order valence-electron chi connectivity index (χ4n) is 3.41. The van der Waals surface area contributed by atoms with Crippen molar-refractivity contribution in [2.24, 2.45) is 0 Å². The lowest BCUT2D eigenvalue weighted by atomic mass is 10.1. The number of hydrogen-bond acceptors (Lipinski definition) is 8. The van der Waals surface area contributed by atoms with Crippen molar-refractivity contribution in [3.63, 3.8) is 0 Å². The molecule has 0 spiro atoms. The van der Waals surface area contributed by atoms with Crippen molar-refractivity contribution in [3.8, 4) is 5.75 Å². The molecule has 0 atom stereocenters. The maximum Gasteiger partial charge on any atom is 0.241 e. The highest BCUT2D eigenvalue weighted by molar-refractivity contribution is 7.89. The summed E-state index contributed by atoms with van der Waals surface area (Å²) in [6.45, 7) is 3.92. The van der Waals surface area contributed by atoms with Crippen molar-refractivity contribution in [2.45, 2.75) is 50.9 Å². The third kappa shape index (κ3) is 7.88. The second-order valence-electron chi connectivity index (χ2n) is 9.54. The largest absolute Gasteiger partial charge is 0.492 e. The van der Waals surface area contributed by atoms with Gasteiger partial charge in [0.2, 0.25) is 16.0 Å². The van der Waals surface area contributed by atoms with E-state index in [1.165, 1.54) is 12.1 Å². The van der Waals surface area contributed by atoms with Crippen LogP contribution in [0.3, 0.4) is 0 Å². The number of sulfonamides is 1. The number of nitrogens with one attached hydrogen (secondary N) is 3. The summed E-state index contributed by atoms with van der Waals surface area (Å²) in [4.78, 5) is 10.1. The molecule has 4 rings (SSSR count). The number of rotatable bonds is 10. The summed E-state index contributed by atoms with van der Waals surface area (Å²) < 4.78 is 81.7. The molecule has 1 aliphatic rings. The van der Waals surface area contributed by atoms with Crippen LogP contribution in [0.25, 0.3) is 0 Å². The van der Waals surface area contributed by atoms with Gasteiger partial charge in [-0.15, -0.1) is 0 Å². The highest BCUT2D eigenvalue weighted by Gasteiger charge is 2.22. The third-order valence-corrected chi connectivity index (χ3v) is 6.88. The zero-order valence-corrected chi connectivity index (χ0v) is 22.1. The lowest BCUT2D eigenvalue weighted by Crippen LogP contribution is -2.40. The molecule has 2 heterocycles. The zero-order chi connectivity index (χ0) is 31.8. The Labute approximate surface area is 228 Å². The van der Waals surface area contributed by atoms with Crippen molar-refractivity contribution in [3.05, 3.63) is 60.3 Å². The molecule has 0 saturated carbocycles. The minimum atomic E-state index is -3.72. The minimum absolute atomic E-state index is 0.120. The molecular weight excluding hydrogens is 488 g/mol. The summed E-state index contributed by atoms with van der Waals surface area (Å²) >= 11 is 0. The quantitative estimate of drug-likeness (QED) is 0.342. The predicted octanol–water partition coefficient (Wildman–Crippen LogP) is 4.82. The molecule has 37 heavy (non-hydrogen) atoms. The van der Waals surface area contributed by atoms with Crippen LogP contribution in [0.1, 0.15) is 47.3 Å². The Morgan fingerprint density at radius 3 is 2.51 bits per heavy atom. The van der Waals surface area contributed by atoms with E-state index in [-0.39, 0.29) is 23.9 Å². The first kappa shape index (κ1) is 19.8. The fourth-order valence-corrected chi connectivity index (χ4v) is 4.87. The molecule has 0 unspecified atom stereocenters. The maximum absolute atomic E-state index is 12.8. The van der Waals surface area contributed by atoms with Crippen LogP contribution in [0.5, 0.6) is 5.75 Å². The topological polar surface area (TPSA) is 108 Å². The number of benzene rings is 2. The summed E-state index contributed by atoms with van der Waals surface area (Å²) in [5.74, 6) is 1.14. The Kier molecular flexibility index (Phi) is 6.14. The predicted molar refractivity (Wildman–Crippen MR) is 147 cm³/mol. The van der Waals surface area contributed by atoms with Gasteiger partial charge in [-0.05, 0) is 96.0 Å². The number of nitrogens with zero attached hydrogens (tertiary/aromatic N) is 3. The van der Waals surface area contributed by atoms with Crippen LogP contribution in [-0.2, 0) is 10.0 Å². The van der Waals surface area contributed by atoms with Gasteiger partial charge < -0.3 is 15.4 Å². The Morgan fingerprint density at radius 1 is 1.08 bits per heavy atom. The number of hydrogen-bond donors (Lipinski definition) is 3. The van der Waals surface area contributed by atoms with Gasteiger partial charge in [-0.3, -0.25) is 4.90 Å². The Balaban J connectivity index is 1.40. The Bertz CT molecular complexity index is 1550. The summed E-state index contributed by atoms with van der Waals surface area (Å²) in [6, 6.07) is 13.1. The minimum Gasteiger partial charge on any atom is -0.492 e. The van der Waals surface area contributed by atoms with Gasteiger partial charge in [-0.25, -0.2) is 18.1 Å². The molecular formula is C27H36N6O3S. The molecule has 0 bridgehead atoms. The van der Waals surface area contributed by atoms with Crippen molar-refractivity contribution < 1.29 is 21.4 Å². The average Bonchev–Trinajstić information content (AvgIpc) is 3.12. The third-order valence-electron chi connectivity index (χ3n) is 5.12. The van der Waals surface area contributed by atoms with E-state index in [4.69, 9.17) is 13.0 Å².